The van der Waals surface area contributed by atoms with Crippen LogP contribution in [0.25, 0.3) is 0 Å². The summed E-state index contributed by atoms with van der Waals surface area (Å²) in [6.45, 7) is 7.88. The quantitative estimate of drug-likeness (QED) is 0.546. The molecule has 9 heteroatoms. The summed E-state index contributed by atoms with van der Waals surface area (Å²) in [4.78, 5) is 51.2. The molecule has 9 nitrogen and oxygen atoms in total. The second-order valence-electron chi connectivity index (χ2n) is 7.68. The Kier molecular flexibility index (Phi) is 8.87. The van der Waals surface area contributed by atoms with E-state index in [0.717, 1.165) is 12.7 Å². The molecule has 0 saturated carbocycles. The number of amides is 4. The van der Waals surface area contributed by atoms with Gasteiger partial charge in [-0.15, -0.1) is 0 Å². The molecule has 0 radical (unpaired) electrons. The number of nitrogens with one attached hydrogen (secondary N) is 2. The zero-order chi connectivity index (χ0) is 21.5. The number of urea groups is 1. The number of ether oxygens (including phenoxy) is 1. The molecule has 28 heavy (non-hydrogen) atoms. The van der Waals surface area contributed by atoms with E-state index in [4.69, 9.17) is 4.74 Å². The first-order chi connectivity index (χ1) is 13.1. The van der Waals surface area contributed by atoms with Crippen molar-refractivity contribution in [3.8, 4) is 0 Å². The van der Waals surface area contributed by atoms with E-state index in [1.165, 1.54) is 12.0 Å². The fourth-order valence-corrected chi connectivity index (χ4v) is 3.50. The lowest BCUT2D eigenvalue weighted by Crippen LogP contribution is -2.65. The molecular weight excluding hydrogens is 364 g/mol. The largest absolute Gasteiger partial charge is 0.379 e. The number of carbonyl (C=O) groups excluding carboxylic acids is 4. The molecule has 1 rings (SSSR count). The van der Waals surface area contributed by atoms with Gasteiger partial charge in [-0.1, -0.05) is 20.3 Å². The number of aldehydes is 1. The van der Waals surface area contributed by atoms with Crippen LogP contribution in [0.1, 0.15) is 40.5 Å². The van der Waals surface area contributed by atoms with Crippen molar-refractivity contribution in [2.45, 2.75) is 58.2 Å². The summed E-state index contributed by atoms with van der Waals surface area (Å²) < 4.78 is 5.44. The number of methoxy groups -OCH3 is 1. The van der Waals surface area contributed by atoms with Gasteiger partial charge in [-0.05, 0) is 19.8 Å². The fraction of sp³-hybridized carbons (Fsp3) is 0.789. The Morgan fingerprint density at radius 2 is 2.07 bits per heavy atom. The predicted molar refractivity (Wildman–Crippen MR) is 105 cm³/mol. The van der Waals surface area contributed by atoms with Gasteiger partial charge in [0.2, 0.25) is 11.8 Å². The number of piperazine rings is 1. The smallest absolute Gasteiger partial charge is 0.318 e. The molecule has 0 spiro atoms. The van der Waals surface area contributed by atoms with E-state index in [2.05, 4.69) is 10.6 Å². The molecule has 3 atom stereocenters. The SMILES string of the molecule is CCC(C)C(C(CC=O)OC)N(C)C(=O)CNC(=O)N1CCNC(=O)C1(C)C. The first kappa shape index (κ1) is 23.9. The molecule has 1 saturated heterocycles. The highest BCUT2D eigenvalue weighted by molar-refractivity contribution is 5.92. The zero-order valence-electron chi connectivity index (χ0n) is 17.8. The first-order valence-corrected chi connectivity index (χ1v) is 9.67. The van der Waals surface area contributed by atoms with Crippen molar-refractivity contribution < 1.29 is 23.9 Å². The summed E-state index contributed by atoms with van der Waals surface area (Å²) in [7, 11) is 3.17. The first-order valence-electron chi connectivity index (χ1n) is 9.67. The third-order valence-corrected chi connectivity index (χ3v) is 5.57. The summed E-state index contributed by atoms with van der Waals surface area (Å²) >= 11 is 0. The van der Waals surface area contributed by atoms with E-state index >= 15 is 0 Å². The summed E-state index contributed by atoms with van der Waals surface area (Å²) in [6.07, 6.45) is 1.37. The highest BCUT2D eigenvalue weighted by Gasteiger charge is 2.40. The Balaban J connectivity index is 2.79. The summed E-state index contributed by atoms with van der Waals surface area (Å²) in [5.41, 5.74) is -0.984. The average Bonchev–Trinajstić information content (AvgIpc) is 2.66. The van der Waals surface area contributed by atoms with Gasteiger partial charge in [0, 0.05) is 33.7 Å². The minimum absolute atomic E-state index is 0.110. The van der Waals surface area contributed by atoms with Crippen LogP contribution in [0.3, 0.4) is 0 Å². The van der Waals surface area contributed by atoms with E-state index < -0.39 is 17.7 Å². The molecule has 1 fully saturated rings. The molecule has 0 aromatic heterocycles. The second kappa shape index (κ2) is 10.4. The fourth-order valence-electron chi connectivity index (χ4n) is 3.50. The maximum atomic E-state index is 12.7. The number of hydrogen-bond donors (Lipinski definition) is 2. The molecule has 2 N–H and O–H groups in total. The summed E-state index contributed by atoms with van der Waals surface area (Å²) in [6, 6.07) is -0.750. The Morgan fingerprint density at radius 3 is 2.61 bits per heavy atom. The zero-order valence-corrected chi connectivity index (χ0v) is 17.8. The third kappa shape index (κ3) is 5.43. The molecule has 1 heterocycles. The average molecular weight is 399 g/mol. The normalized spacial score (nSPS) is 19.2. The minimum Gasteiger partial charge on any atom is -0.379 e. The van der Waals surface area contributed by atoms with Gasteiger partial charge in [-0.2, -0.15) is 0 Å². The molecule has 0 aromatic carbocycles. The Labute approximate surface area is 167 Å². The maximum Gasteiger partial charge on any atom is 0.318 e. The van der Waals surface area contributed by atoms with Crippen molar-refractivity contribution in [2.24, 2.45) is 5.92 Å². The number of rotatable bonds is 9. The van der Waals surface area contributed by atoms with Crippen LogP contribution < -0.4 is 10.6 Å². The van der Waals surface area contributed by atoms with Crippen molar-refractivity contribution in [2.75, 3.05) is 33.8 Å². The van der Waals surface area contributed by atoms with Crippen molar-refractivity contribution >= 4 is 24.1 Å². The number of likely N-dealkylation sites (N-methyl/N-ethyl adjacent to an activating group) is 1. The maximum absolute atomic E-state index is 12.7. The summed E-state index contributed by atoms with van der Waals surface area (Å²) in [5, 5.41) is 5.34. The van der Waals surface area contributed by atoms with Gasteiger partial charge in [0.05, 0.1) is 18.7 Å². The van der Waals surface area contributed by atoms with Crippen LogP contribution in [0, 0.1) is 5.92 Å². The Hall–Kier alpha value is -2.16. The van der Waals surface area contributed by atoms with Gasteiger partial charge in [0.25, 0.3) is 0 Å². The van der Waals surface area contributed by atoms with Crippen LogP contribution in [-0.2, 0) is 19.1 Å². The van der Waals surface area contributed by atoms with E-state index in [9.17, 15) is 19.2 Å². The lowest BCUT2D eigenvalue weighted by Gasteiger charge is -2.41. The Morgan fingerprint density at radius 1 is 1.43 bits per heavy atom. The number of carbonyl (C=O) groups is 4. The van der Waals surface area contributed by atoms with E-state index in [1.54, 1.807) is 25.8 Å². The van der Waals surface area contributed by atoms with Gasteiger partial charge < -0.3 is 30.0 Å². The van der Waals surface area contributed by atoms with Crippen molar-refractivity contribution in [3.63, 3.8) is 0 Å². The standard InChI is InChI=1S/C19H34N4O5/c1-7-13(2)16(14(28-6)8-11-24)22(5)15(25)12-21-18(27)23-10-9-20-17(26)19(23,3)4/h11,13-14,16H,7-10,12H2,1-6H3,(H,20,26)(H,21,27). The lowest BCUT2D eigenvalue weighted by molar-refractivity contribution is -0.136. The van der Waals surface area contributed by atoms with Gasteiger partial charge in [0.1, 0.15) is 11.8 Å². The monoisotopic (exact) mass is 398 g/mol. The minimum atomic E-state index is -0.984. The summed E-state index contributed by atoms with van der Waals surface area (Å²) in [5.74, 6) is -0.406. The molecule has 0 aliphatic carbocycles. The molecule has 3 unspecified atom stereocenters. The Bertz CT molecular complexity index is 581. The molecule has 160 valence electrons. The van der Waals surface area contributed by atoms with E-state index in [-0.39, 0.29) is 36.7 Å². The van der Waals surface area contributed by atoms with Crippen LogP contribution in [0.5, 0.6) is 0 Å². The van der Waals surface area contributed by atoms with E-state index in [0.29, 0.717) is 13.1 Å². The molecule has 0 aromatic rings. The highest BCUT2D eigenvalue weighted by Crippen LogP contribution is 2.21. The van der Waals surface area contributed by atoms with Crippen LogP contribution in [-0.4, -0.2) is 85.4 Å². The number of hydrogen-bond acceptors (Lipinski definition) is 5. The lowest BCUT2D eigenvalue weighted by atomic mass is 9.91. The van der Waals surface area contributed by atoms with Gasteiger partial charge in [-0.3, -0.25) is 9.59 Å². The van der Waals surface area contributed by atoms with Crippen LogP contribution >= 0.6 is 0 Å². The predicted octanol–water partition coefficient (Wildman–Crippen LogP) is 0.384. The number of nitrogens with zero attached hydrogens (tertiary/aromatic N) is 2. The van der Waals surface area contributed by atoms with Crippen molar-refractivity contribution in [1.29, 1.82) is 0 Å². The third-order valence-electron chi connectivity index (χ3n) is 5.57. The van der Waals surface area contributed by atoms with Crippen LogP contribution in [0.2, 0.25) is 0 Å². The van der Waals surface area contributed by atoms with Crippen LogP contribution in [0.15, 0.2) is 0 Å². The highest BCUT2D eigenvalue weighted by atomic mass is 16.5. The van der Waals surface area contributed by atoms with Gasteiger partial charge in [0.15, 0.2) is 0 Å². The molecule has 0 bridgehead atoms. The van der Waals surface area contributed by atoms with Crippen LogP contribution in [0.4, 0.5) is 4.79 Å². The molecule has 4 amide bonds. The van der Waals surface area contributed by atoms with E-state index in [1.807, 2.05) is 13.8 Å². The molecule has 1 aliphatic rings. The topological polar surface area (TPSA) is 108 Å². The second-order valence-corrected chi connectivity index (χ2v) is 7.68. The molecule has 1 aliphatic heterocycles. The molecular formula is C19H34N4O5. The van der Waals surface area contributed by atoms with Gasteiger partial charge in [-0.25, -0.2) is 4.79 Å². The van der Waals surface area contributed by atoms with Crippen molar-refractivity contribution in [3.05, 3.63) is 0 Å². The van der Waals surface area contributed by atoms with Gasteiger partial charge >= 0.3 is 6.03 Å². The van der Waals surface area contributed by atoms with Crippen molar-refractivity contribution in [1.82, 2.24) is 20.4 Å².